The first-order valence-corrected chi connectivity index (χ1v) is 7.56. The molecule has 7 heteroatoms. The molecular formula is C16H24N4O3. The van der Waals surface area contributed by atoms with Crippen molar-refractivity contribution in [1.29, 1.82) is 0 Å². The van der Waals surface area contributed by atoms with Crippen molar-refractivity contribution in [3.63, 3.8) is 0 Å². The molecule has 0 radical (unpaired) electrons. The van der Waals surface area contributed by atoms with Gasteiger partial charge in [0, 0.05) is 45.5 Å². The number of amides is 2. The van der Waals surface area contributed by atoms with Gasteiger partial charge < -0.3 is 25.2 Å². The number of carbonyl (C=O) groups is 2. The van der Waals surface area contributed by atoms with Crippen molar-refractivity contribution in [3.05, 3.63) is 24.3 Å². The summed E-state index contributed by atoms with van der Waals surface area (Å²) in [5.41, 5.74) is 6.40. The van der Waals surface area contributed by atoms with E-state index < -0.39 is 11.9 Å². The van der Waals surface area contributed by atoms with Crippen LogP contribution in [0.3, 0.4) is 0 Å². The van der Waals surface area contributed by atoms with E-state index in [4.69, 9.17) is 10.5 Å². The largest absolute Gasteiger partial charge is 0.484 e. The van der Waals surface area contributed by atoms with Gasteiger partial charge in [-0.05, 0) is 19.2 Å². The van der Waals surface area contributed by atoms with Gasteiger partial charge in [-0.25, -0.2) is 0 Å². The number of nitrogens with zero attached hydrogens (tertiary/aromatic N) is 3. The van der Waals surface area contributed by atoms with Crippen LogP contribution >= 0.6 is 0 Å². The Bertz CT molecular complexity index is 576. The minimum atomic E-state index is -0.599. The zero-order chi connectivity index (χ0) is 17.0. The molecule has 0 aromatic heterocycles. The van der Waals surface area contributed by atoms with E-state index in [1.54, 1.807) is 6.07 Å². The van der Waals surface area contributed by atoms with Crippen molar-refractivity contribution in [2.45, 2.75) is 6.04 Å². The summed E-state index contributed by atoms with van der Waals surface area (Å²) in [5.74, 6) is -0.0917. The summed E-state index contributed by atoms with van der Waals surface area (Å²) in [6.45, 7) is 1.54. The second-order valence-corrected chi connectivity index (χ2v) is 5.95. The number of piperazine rings is 1. The van der Waals surface area contributed by atoms with Gasteiger partial charge in [-0.2, -0.15) is 0 Å². The fourth-order valence-corrected chi connectivity index (χ4v) is 2.54. The average Bonchev–Trinajstić information content (AvgIpc) is 2.52. The second kappa shape index (κ2) is 7.32. The highest BCUT2D eigenvalue weighted by atomic mass is 16.5. The van der Waals surface area contributed by atoms with Crippen LogP contribution in [0.5, 0.6) is 5.75 Å². The van der Waals surface area contributed by atoms with E-state index in [9.17, 15) is 9.59 Å². The standard InChI is InChI=1S/C16H24N4O3/c1-18(2)12-5-4-6-13(9-12)23-11-15(21)20-8-7-19(3)10-14(20)16(17)22/h4-6,9,14H,7-8,10-11H2,1-3H3,(H2,17,22). The minimum absolute atomic E-state index is 0.107. The highest BCUT2D eigenvalue weighted by molar-refractivity contribution is 5.87. The molecule has 1 aromatic carbocycles. The van der Waals surface area contributed by atoms with Gasteiger partial charge in [-0.1, -0.05) is 6.07 Å². The lowest BCUT2D eigenvalue weighted by molar-refractivity contribution is -0.144. The summed E-state index contributed by atoms with van der Waals surface area (Å²) in [6, 6.07) is 6.90. The molecule has 1 aromatic rings. The molecule has 1 atom stereocenters. The van der Waals surface area contributed by atoms with Crippen LogP contribution in [0.4, 0.5) is 5.69 Å². The Labute approximate surface area is 136 Å². The van der Waals surface area contributed by atoms with Gasteiger partial charge in [0.05, 0.1) is 0 Å². The molecule has 2 N–H and O–H groups in total. The summed E-state index contributed by atoms with van der Waals surface area (Å²) in [5, 5.41) is 0. The van der Waals surface area contributed by atoms with Crippen molar-refractivity contribution in [2.75, 3.05) is 52.3 Å². The molecule has 1 unspecified atom stereocenters. The van der Waals surface area contributed by atoms with Crippen LogP contribution in [0.2, 0.25) is 0 Å². The van der Waals surface area contributed by atoms with E-state index in [0.29, 0.717) is 25.4 Å². The van der Waals surface area contributed by atoms with Crippen LogP contribution in [-0.2, 0) is 9.59 Å². The fraction of sp³-hybridized carbons (Fsp3) is 0.500. The van der Waals surface area contributed by atoms with Gasteiger partial charge in [-0.3, -0.25) is 9.59 Å². The number of hydrogen-bond donors (Lipinski definition) is 1. The lowest BCUT2D eigenvalue weighted by Gasteiger charge is -2.38. The number of benzene rings is 1. The normalized spacial score (nSPS) is 18.6. The van der Waals surface area contributed by atoms with Gasteiger partial charge in [0.25, 0.3) is 5.91 Å². The number of rotatable bonds is 5. The molecule has 0 aliphatic carbocycles. The Kier molecular flexibility index (Phi) is 5.44. The number of ether oxygens (including phenoxy) is 1. The number of nitrogens with two attached hydrogens (primary N) is 1. The summed E-state index contributed by atoms with van der Waals surface area (Å²) in [4.78, 5) is 29.4. The number of likely N-dealkylation sites (N-methyl/N-ethyl adjacent to an activating group) is 1. The smallest absolute Gasteiger partial charge is 0.261 e. The molecule has 2 amide bonds. The molecule has 23 heavy (non-hydrogen) atoms. The lowest BCUT2D eigenvalue weighted by atomic mass is 10.1. The van der Waals surface area contributed by atoms with E-state index in [1.807, 2.05) is 49.1 Å². The summed E-state index contributed by atoms with van der Waals surface area (Å²) in [7, 11) is 5.78. The number of anilines is 1. The molecule has 0 spiro atoms. The Balaban J connectivity index is 1.98. The molecule has 1 saturated heterocycles. The lowest BCUT2D eigenvalue weighted by Crippen LogP contribution is -2.59. The molecule has 1 heterocycles. The van der Waals surface area contributed by atoms with Crippen LogP contribution in [0.1, 0.15) is 0 Å². The predicted octanol–water partition coefficient (Wildman–Crippen LogP) is -0.241. The van der Waals surface area contributed by atoms with Crippen LogP contribution in [0.15, 0.2) is 24.3 Å². The Hall–Kier alpha value is -2.28. The molecule has 0 bridgehead atoms. The quantitative estimate of drug-likeness (QED) is 0.810. The van der Waals surface area contributed by atoms with Crippen molar-refractivity contribution in [2.24, 2.45) is 5.73 Å². The van der Waals surface area contributed by atoms with Crippen LogP contribution in [0.25, 0.3) is 0 Å². The highest BCUT2D eigenvalue weighted by Crippen LogP contribution is 2.19. The second-order valence-electron chi connectivity index (χ2n) is 5.95. The first-order valence-electron chi connectivity index (χ1n) is 7.56. The predicted molar refractivity (Wildman–Crippen MR) is 88.5 cm³/mol. The van der Waals surface area contributed by atoms with Crippen molar-refractivity contribution in [1.82, 2.24) is 9.80 Å². The van der Waals surface area contributed by atoms with Crippen LogP contribution in [-0.4, -0.2) is 75.0 Å². The Morgan fingerprint density at radius 1 is 1.35 bits per heavy atom. The van der Waals surface area contributed by atoms with E-state index >= 15 is 0 Å². The molecule has 7 nitrogen and oxygen atoms in total. The molecule has 2 rings (SSSR count). The van der Waals surface area contributed by atoms with Gasteiger partial charge in [0.15, 0.2) is 6.61 Å². The first-order chi connectivity index (χ1) is 10.9. The molecule has 0 saturated carbocycles. The monoisotopic (exact) mass is 320 g/mol. The zero-order valence-corrected chi connectivity index (χ0v) is 13.9. The minimum Gasteiger partial charge on any atom is -0.484 e. The van der Waals surface area contributed by atoms with Crippen LogP contribution < -0.4 is 15.4 Å². The number of carbonyl (C=O) groups excluding carboxylic acids is 2. The fourth-order valence-electron chi connectivity index (χ4n) is 2.54. The Morgan fingerprint density at radius 3 is 2.74 bits per heavy atom. The molecule has 1 aliphatic heterocycles. The maximum absolute atomic E-state index is 12.4. The molecule has 1 fully saturated rings. The van der Waals surface area contributed by atoms with E-state index in [-0.39, 0.29) is 12.5 Å². The van der Waals surface area contributed by atoms with Gasteiger partial charge in [0.1, 0.15) is 11.8 Å². The van der Waals surface area contributed by atoms with Gasteiger partial charge in [-0.15, -0.1) is 0 Å². The number of hydrogen-bond acceptors (Lipinski definition) is 5. The maximum Gasteiger partial charge on any atom is 0.261 e. The SMILES string of the molecule is CN1CCN(C(=O)COc2cccc(N(C)C)c2)C(C(N)=O)C1. The third kappa shape index (κ3) is 4.35. The third-order valence-electron chi connectivity index (χ3n) is 3.93. The summed E-state index contributed by atoms with van der Waals surface area (Å²) < 4.78 is 5.58. The summed E-state index contributed by atoms with van der Waals surface area (Å²) >= 11 is 0. The van der Waals surface area contributed by atoms with E-state index in [2.05, 4.69) is 0 Å². The van der Waals surface area contributed by atoms with E-state index in [1.165, 1.54) is 4.90 Å². The van der Waals surface area contributed by atoms with Crippen molar-refractivity contribution >= 4 is 17.5 Å². The molecule has 126 valence electrons. The number of primary amides is 1. The van der Waals surface area contributed by atoms with Gasteiger partial charge in [0.2, 0.25) is 5.91 Å². The zero-order valence-electron chi connectivity index (χ0n) is 13.9. The third-order valence-corrected chi connectivity index (χ3v) is 3.93. The highest BCUT2D eigenvalue weighted by Gasteiger charge is 2.32. The molecule has 1 aliphatic rings. The first kappa shape index (κ1) is 17.1. The Morgan fingerprint density at radius 2 is 2.09 bits per heavy atom. The summed E-state index contributed by atoms with van der Waals surface area (Å²) in [6.07, 6.45) is 0. The van der Waals surface area contributed by atoms with Crippen molar-refractivity contribution < 1.29 is 14.3 Å². The topological polar surface area (TPSA) is 79.1 Å². The average molecular weight is 320 g/mol. The maximum atomic E-state index is 12.4. The van der Waals surface area contributed by atoms with Crippen LogP contribution in [0, 0.1) is 0 Å². The van der Waals surface area contributed by atoms with Crippen molar-refractivity contribution in [3.8, 4) is 5.75 Å². The van der Waals surface area contributed by atoms with Gasteiger partial charge >= 0.3 is 0 Å². The molecular weight excluding hydrogens is 296 g/mol. The van der Waals surface area contributed by atoms with E-state index in [0.717, 1.165) is 5.69 Å².